The second-order valence-electron chi connectivity index (χ2n) is 5.50. The number of anilines is 1. The molecule has 4 heteroatoms. The van der Waals surface area contributed by atoms with E-state index in [1.54, 1.807) is 6.20 Å². The molecule has 0 bridgehead atoms. The molecule has 18 heavy (non-hydrogen) atoms. The van der Waals surface area contributed by atoms with Crippen molar-refractivity contribution in [3.8, 4) is 0 Å². The van der Waals surface area contributed by atoms with E-state index in [1.165, 1.54) is 6.42 Å². The number of hydrogen-bond acceptors (Lipinski definition) is 2. The Balaban J connectivity index is 1.97. The first kappa shape index (κ1) is 12.9. The summed E-state index contributed by atoms with van der Waals surface area (Å²) in [6, 6.07) is 3.75. The number of carbonyl (C=O) groups is 1. The lowest BCUT2D eigenvalue weighted by Gasteiger charge is -2.34. The predicted molar refractivity (Wildman–Crippen MR) is 72.5 cm³/mol. The SMILES string of the molecule is Cc1ccc(NC(=O)N2CC(C)CC(C)C2)nc1. The van der Waals surface area contributed by atoms with Crippen molar-refractivity contribution in [3.63, 3.8) is 0 Å². The van der Waals surface area contributed by atoms with Crippen LogP contribution >= 0.6 is 0 Å². The highest BCUT2D eigenvalue weighted by Crippen LogP contribution is 2.21. The van der Waals surface area contributed by atoms with E-state index < -0.39 is 0 Å². The van der Waals surface area contributed by atoms with Crippen molar-refractivity contribution >= 4 is 11.8 Å². The number of piperidine rings is 1. The molecule has 0 aliphatic carbocycles. The summed E-state index contributed by atoms with van der Waals surface area (Å²) in [6.45, 7) is 8.04. The van der Waals surface area contributed by atoms with E-state index in [1.807, 2.05) is 24.0 Å². The number of hydrogen-bond donors (Lipinski definition) is 1. The third-order valence-corrected chi connectivity index (χ3v) is 3.30. The zero-order valence-electron chi connectivity index (χ0n) is 11.3. The fourth-order valence-corrected chi connectivity index (χ4v) is 2.56. The molecular weight excluding hydrogens is 226 g/mol. The maximum absolute atomic E-state index is 12.1. The number of amides is 2. The quantitative estimate of drug-likeness (QED) is 0.829. The molecule has 2 amide bonds. The molecule has 2 rings (SSSR count). The molecule has 1 aromatic heterocycles. The number of aryl methyl sites for hydroxylation is 1. The van der Waals surface area contributed by atoms with Gasteiger partial charge in [-0.15, -0.1) is 0 Å². The van der Waals surface area contributed by atoms with E-state index in [0.717, 1.165) is 18.7 Å². The average molecular weight is 247 g/mol. The van der Waals surface area contributed by atoms with Gasteiger partial charge in [-0.2, -0.15) is 0 Å². The van der Waals surface area contributed by atoms with Gasteiger partial charge in [-0.05, 0) is 36.8 Å². The van der Waals surface area contributed by atoms with Crippen LogP contribution in [0.15, 0.2) is 18.3 Å². The molecule has 2 unspecified atom stereocenters. The normalized spacial score (nSPS) is 23.8. The Kier molecular flexibility index (Phi) is 3.84. The third-order valence-electron chi connectivity index (χ3n) is 3.30. The summed E-state index contributed by atoms with van der Waals surface area (Å²) in [5.41, 5.74) is 1.09. The Morgan fingerprint density at radius 1 is 1.33 bits per heavy atom. The van der Waals surface area contributed by atoms with E-state index in [4.69, 9.17) is 0 Å². The van der Waals surface area contributed by atoms with E-state index in [0.29, 0.717) is 17.7 Å². The summed E-state index contributed by atoms with van der Waals surface area (Å²) in [6.07, 6.45) is 2.96. The van der Waals surface area contributed by atoms with E-state index in [-0.39, 0.29) is 6.03 Å². The monoisotopic (exact) mass is 247 g/mol. The number of nitrogens with zero attached hydrogens (tertiary/aromatic N) is 2. The van der Waals surface area contributed by atoms with E-state index in [2.05, 4.69) is 24.1 Å². The van der Waals surface area contributed by atoms with Crippen molar-refractivity contribution < 1.29 is 4.79 Å². The summed E-state index contributed by atoms with van der Waals surface area (Å²) in [4.78, 5) is 18.2. The molecule has 0 spiro atoms. The highest BCUT2D eigenvalue weighted by atomic mass is 16.2. The van der Waals surface area contributed by atoms with Crippen LogP contribution in [-0.4, -0.2) is 29.0 Å². The second kappa shape index (κ2) is 5.38. The van der Waals surface area contributed by atoms with Gasteiger partial charge < -0.3 is 4.90 Å². The molecule has 0 radical (unpaired) electrons. The van der Waals surface area contributed by atoms with Gasteiger partial charge >= 0.3 is 6.03 Å². The molecule has 4 nitrogen and oxygen atoms in total. The van der Waals surface area contributed by atoms with Crippen molar-refractivity contribution in [2.24, 2.45) is 11.8 Å². The first-order valence-corrected chi connectivity index (χ1v) is 6.53. The van der Waals surface area contributed by atoms with Crippen LogP contribution in [0.25, 0.3) is 0 Å². The van der Waals surface area contributed by atoms with Gasteiger partial charge in [-0.1, -0.05) is 19.9 Å². The number of rotatable bonds is 1. The lowest BCUT2D eigenvalue weighted by molar-refractivity contribution is 0.156. The standard InChI is InChI=1S/C14H21N3O/c1-10-4-5-13(15-7-10)16-14(18)17-8-11(2)6-12(3)9-17/h4-5,7,11-12H,6,8-9H2,1-3H3,(H,15,16,18). The molecule has 1 saturated heterocycles. The second-order valence-corrected chi connectivity index (χ2v) is 5.50. The van der Waals surface area contributed by atoms with Crippen molar-refractivity contribution in [2.75, 3.05) is 18.4 Å². The van der Waals surface area contributed by atoms with Gasteiger partial charge in [-0.25, -0.2) is 9.78 Å². The Labute approximate surface area is 108 Å². The van der Waals surface area contributed by atoms with Gasteiger partial charge in [0.05, 0.1) is 0 Å². The van der Waals surface area contributed by atoms with Crippen molar-refractivity contribution in [1.29, 1.82) is 0 Å². The van der Waals surface area contributed by atoms with Crippen LogP contribution in [0.4, 0.5) is 10.6 Å². The zero-order valence-corrected chi connectivity index (χ0v) is 11.3. The third kappa shape index (κ3) is 3.22. The van der Waals surface area contributed by atoms with Gasteiger partial charge in [-0.3, -0.25) is 5.32 Å². The van der Waals surface area contributed by atoms with Crippen LogP contribution in [0.2, 0.25) is 0 Å². The molecule has 1 aromatic rings. The molecule has 1 fully saturated rings. The lowest BCUT2D eigenvalue weighted by atomic mass is 9.92. The van der Waals surface area contributed by atoms with Crippen molar-refractivity contribution in [2.45, 2.75) is 27.2 Å². The van der Waals surface area contributed by atoms with Crippen LogP contribution in [-0.2, 0) is 0 Å². The molecule has 1 aliphatic rings. The molecule has 2 heterocycles. The van der Waals surface area contributed by atoms with Gasteiger partial charge in [0.2, 0.25) is 0 Å². The topological polar surface area (TPSA) is 45.2 Å². The van der Waals surface area contributed by atoms with Gasteiger partial charge in [0.1, 0.15) is 5.82 Å². The highest BCUT2D eigenvalue weighted by Gasteiger charge is 2.25. The fraction of sp³-hybridized carbons (Fsp3) is 0.571. The van der Waals surface area contributed by atoms with Crippen LogP contribution in [0.5, 0.6) is 0 Å². The van der Waals surface area contributed by atoms with Crippen molar-refractivity contribution in [1.82, 2.24) is 9.88 Å². The maximum atomic E-state index is 12.1. The number of pyridine rings is 1. The summed E-state index contributed by atoms with van der Waals surface area (Å²) < 4.78 is 0. The Morgan fingerprint density at radius 2 is 2.00 bits per heavy atom. The minimum absolute atomic E-state index is 0.0373. The fourth-order valence-electron chi connectivity index (χ4n) is 2.56. The summed E-state index contributed by atoms with van der Waals surface area (Å²) in [7, 11) is 0. The number of aromatic nitrogens is 1. The Bertz CT molecular complexity index is 406. The smallest absolute Gasteiger partial charge is 0.323 e. The average Bonchev–Trinajstić information content (AvgIpc) is 2.31. The van der Waals surface area contributed by atoms with Crippen LogP contribution in [0, 0.1) is 18.8 Å². The zero-order chi connectivity index (χ0) is 13.1. The van der Waals surface area contributed by atoms with Crippen LogP contribution in [0.1, 0.15) is 25.8 Å². The molecular formula is C14H21N3O. The first-order valence-electron chi connectivity index (χ1n) is 6.53. The van der Waals surface area contributed by atoms with Crippen LogP contribution < -0.4 is 5.32 Å². The largest absolute Gasteiger partial charge is 0.324 e. The lowest BCUT2D eigenvalue weighted by Crippen LogP contribution is -2.44. The minimum atomic E-state index is -0.0373. The minimum Gasteiger partial charge on any atom is -0.324 e. The van der Waals surface area contributed by atoms with Crippen molar-refractivity contribution in [3.05, 3.63) is 23.9 Å². The Hall–Kier alpha value is -1.58. The first-order chi connectivity index (χ1) is 8.54. The molecule has 0 aromatic carbocycles. The van der Waals surface area contributed by atoms with Gasteiger partial charge in [0, 0.05) is 19.3 Å². The van der Waals surface area contributed by atoms with Gasteiger partial charge in [0.25, 0.3) is 0 Å². The van der Waals surface area contributed by atoms with E-state index in [9.17, 15) is 4.79 Å². The molecule has 1 aliphatic heterocycles. The maximum Gasteiger partial charge on any atom is 0.323 e. The number of urea groups is 1. The molecule has 98 valence electrons. The van der Waals surface area contributed by atoms with Crippen LogP contribution in [0.3, 0.4) is 0 Å². The summed E-state index contributed by atoms with van der Waals surface area (Å²) >= 11 is 0. The summed E-state index contributed by atoms with van der Waals surface area (Å²) in [5, 5.41) is 2.86. The van der Waals surface area contributed by atoms with E-state index >= 15 is 0 Å². The number of nitrogens with one attached hydrogen (secondary N) is 1. The molecule has 2 atom stereocenters. The number of carbonyl (C=O) groups excluding carboxylic acids is 1. The predicted octanol–water partition coefficient (Wildman–Crippen LogP) is 2.90. The van der Waals surface area contributed by atoms with Gasteiger partial charge in [0.15, 0.2) is 0 Å². The molecule has 1 N–H and O–H groups in total. The Morgan fingerprint density at radius 3 is 2.56 bits per heavy atom. The highest BCUT2D eigenvalue weighted by molar-refractivity contribution is 5.88. The molecule has 0 saturated carbocycles. The summed E-state index contributed by atoms with van der Waals surface area (Å²) in [5.74, 6) is 1.77. The number of likely N-dealkylation sites (tertiary alicyclic amines) is 1.